The Morgan fingerprint density at radius 1 is 1.35 bits per heavy atom. The van der Waals surface area contributed by atoms with Crippen molar-refractivity contribution in [2.45, 2.75) is 52.0 Å². The van der Waals surface area contributed by atoms with E-state index in [0.717, 1.165) is 45.2 Å². The Labute approximate surface area is 140 Å². The number of piperidine rings is 1. The lowest BCUT2D eigenvalue weighted by Crippen LogP contribution is -2.43. The second kappa shape index (κ2) is 6.55. The van der Waals surface area contributed by atoms with Gasteiger partial charge in [-0.15, -0.1) is 5.10 Å². The molecule has 23 heavy (non-hydrogen) atoms. The Balaban J connectivity index is 1.55. The molecule has 2 fully saturated rings. The molecule has 1 spiro atoms. The quantitative estimate of drug-likeness (QED) is 0.917. The lowest BCUT2D eigenvalue weighted by atomic mass is 9.76. The van der Waals surface area contributed by atoms with Crippen LogP contribution in [0.15, 0.2) is 5.38 Å². The standard InChI is InChI=1S/C16H24N4O2S/c1-11(2)17-14(21)12-3-4-16(9-12)5-7-20(8-6-16)15(22)13-10-23-19-18-13/h10-12H,3-9H2,1-2H3,(H,17,21). The predicted octanol–water partition coefficient (Wildman–Crippen LogP) is 2.09. The third-order valence-corrected chi connectivity index (χ3v) is 5.70. The highest BCUT2D eigenvalue weighted by Gasteiger charge is 2.44. The highest BCUT2D eigenvalue weighted by Crippen LogP contribution is 2.49. The zero-order valence-electron chi connectivity index (χ0n) is 13.7. The Morgan fingerprint density at radius 2 is 2.09 bits per heavy atom. The van der Waals surface area contributed by atoms with Crippen molar-refractivity contribution in [1.29, 1.82) is 0 Å². The average molecular weight is 336 g/mol. The van der Waals surface area contributed by atoms with Gasteiger partial charge in [0.05, 0.1) is 0 Å². The van der Waals surface area contributed by atoms with Crippen LogP contribution in [0.5, 0.6) is 0 Å². The summed E-state index contributed by atoms with van der Waals surface area (Å²) in [6.45, 7) is 5.52. The van der Waals surface area contributed by atoms with Gasteiger partial charge in [-0.1, -0.05) is 4.49 Å². The van der Waals surface area contributed by atoms with Crippen LogP contribution in [-0.4, -0.2) is 45.4 Å². The summed E-state index contributed by atoms with van der Waals surface area (Å²) in [6.07, 6.45) is 5.02. The van der Waals surface area contributed by atoms with E-state index in [1.54, 1.807) is 5.38 Å². The SMILES string of the molecule is CC(C)NC(=O)C1CCC2(CCN(C(=O)c3csnn3)CC2)C1. The molecule has 0 radical (unpaired) electrons. The van der Waals surface area contributed by atoms with Crippen LogP contribution in [0, 0.1) is 11.3 Å². The molecule has 126 valence electrons. The first-order valence-electron chi connectivity index (χ1n) is 8.36. The van der Waals surface area contributed by atoms with Crippen molar-refractivity contribution in [3.63, 3.8) is 0 Å². The van der Waals surface area contributed by atoms with Crippen LogP contribution >= 0.6 is 11.5 Å². The van der Waals surface area contributed by atoms with E-state index in [1.807, 2.05) is 18.7 Å². The smallest absolute Gasteiger partial charge is 0.275 e. The van der Waals surface area contributed by atoms with Crippen LogP contribution in [0.3, 0.4) is 0 Å². The Bertz CT molecular complexity index is 565. The highest BCUT2D eigenvalue weighted by molar-refractivity contribution is 7.03. The van der Waals surface area contributed by atoms with E-state index >= 15 is 0 Å². The minimum absolute atomic E-state index is 0.0132. The molecular weight excluding hydrogens is 312 g/mol. The third-order valence-electron chi connectivity index (χ3n) is 5.19. The molecule has 1 aromatic rings. The molecular formula is C16H24N4O2S. The first kappa shape index (κ1) is 16.4. The highest BCUT2D eigenvalue weighted by atomic mass is 32.1. The second-order valence-corrected chi connectivity index (χ2v) is 7.80. The van der Waals surface area contributed by atoms with E-state index < -0.39 is 0 Å². The number of carbonyl (C=O) groups excluding carboxylic acids is 2. The Hall–Kier alpha value is -1.50. The normalized spacial score (nSPS) is 23.4. The summed E-state index contributed by atoms with van der Waals surface area (Å²) in [4.78, 5) is 26.4. The molecule has 1 saturated heterocycles. The summed E-state index contributed by atoms with van der Waals surface area (Å²) < 4.78 is 3.76. The van der Waals surface area contributed by atoms with Gasteiger partial charge in [0.25, 0.3) is 5.91 Å². The summed E-state index contributed by atoms with van der Waals surface area (Å²) in [5.41, 5.74) is 0.697. The lowest BCUT2D eigenvalue weighted by Gasteiger charge is -2.39. The van der Waals surface area contributed by atoms with E-state index in [-0.39, 0.29) is 29.2 Å². The van der Waals surface area contributed by atoms with E-state index in [1.165, 1.54) is 11.5 Å². The zero-order valence-corrected chi connectivity index (χ0v) is 14.6. The van der Waals surface area contributed by atoms with Gasteiger partial charge >= 0.3 is 0 Å². The van der Waals surface area contributed by atoms with Crippen molar-refractivity contribution >= 4 is 23.3 Å². The fourth-order valence-electron chi connectivity index (χ4n) is 3.89. The van der Waals surface area contributed by atoms with Gasteiger partial charge in [-0.25, -0.2) is 0 Å². The molecule has 1 unspecified atom stereocenters. The fraction of sp³-hybridized carbons (Fsp3) is 0.750. The first-order chi connectivity index (χ1) is 11.0. The van der Waals surface area contributed by atoms with Gasteiger partial charge in [-0.05, 0) is 62.9 Å². The van der Waals surface area contributed by atoms with Crippen molar-refractivity contribution in [1.82, 2.24) is 19.8 Å². The number of amides is 2. The van der Waals surface area contributed by atoms with E-state index in [0.29, 0.717) is 5.69 Å². The van der Waals surface area contributed by atoms with Gasteiger partial charge in [-0.2, -0.15) is 0 Å². The molecule has 1 aliphatic carbocycles. The van der Waals surface area contributed by atoms with Crippen molar-refractivity contribution in [2.24, 2.45) is 11.3 Å². The van der Waals surface area contributed by atoms with Crippen LogP contribution in [-0.2, 0) is 4.79 Å². The van der Waals surface area contributed by atoms with Crippen molar-refractivity contribution in [2.75, 3.05) is 13.1 Å². The first-order valence-corrected chi connectivity index (χ1v) is 9.19. The lowest BCUT2D eigenvalue weighted by molar-refractivity contribution is -0.125. The number of likely N-dealkylation sites (tertiary alicyclic amines) is 1. The van der Waals surface area contributed by atoms with E-state index in [9.17, 15) is 9.59 Å². The van der Waals surface area contributed by atoms with E-state index in [4.69, 9.17) is 0 Å². The minimum atomic E-state index is -0.0132. The molecule has 1 aliphatic heterocycles. The monoisotopic (exact) mass is 336 g/mol. The third kappa shape index (κ3) is 3.54. The Morgan fingerprint density at radius 3 is 2.70 bits per heavy atom. The molecule has 0 aromatic carbocycles. The molecule has 1 N–H and O–H groups in total. The molecule has 1 aromatic heterocycles. The van der Waals surface area contributed by atoms with Crippen molar-refractivity contribution < 1.29 is 9.59 Å². The van der Waals surface area contributed by atoms with Crippen molar-refractivity contribution in [3.05, 3.63) is 11.1 Å². The van der Waals surface area contributed by atoms with Crippen LogP contribution in [0.25, 0.3) is 0 Å². The van der Waals surface area contributed by atoms with Crippen molar-refractivity contribution in [3.8, 4) is 0 Å². The maximum atomic E-state index is 12.3. The summed E-state index contributed by atoms with van der Waals surface area (Å²) in [6, 6.07) is 0.199. The summed E-state index contributed by atoms with van der Waals surface area (Å²) in [5.74, 6) is 0.326. The van der Waals surface area contributed by atoms with Crippen LogP contribution in [0.1, 0.15) is 56.4 Å². The number of hydrogen-bond acceptors (Lipinski definition) is 5. The minimum Gasteiger partial charge on any atom is -0.354 e. The molecule has 0 bridgehead atoms. The predicted molar refractivity (Wildman–Crippen MR) is 88.1 cm³/mol. The molecule has 7 heteroatoms. The average Bonchev–Trinajstić information content (AvgIpc) is 3.17. The number of nitrogens with zero attached hydrogens (tertiary/aromatic N) is 3. The number of aromatic nitrogens is 2. The number of hydrogen-bond donors (Lipinski definition) is 1. The summed E-state index contributed by atoms with van der Waals surface area (Å²) >= 11 is 1.21. The van der Waals surface area contributed by atoms with Gasteiger partial charge in [0.2, 0.25) is 5.91 Å². The van der Waals surface area contributed by atoms with E-state index in [2.05, 4.69) is 14.9 Å². The van der Waals surface area contributed by atoms with Crippen LogP contribution in [0.4, 0.5) is 0 Å². The second-order valence-electron chi connectivity index (χ2n) is 7.19. The largest absolute Gasteiger partial charge is 0.354 e. The molecule has 2 heterocycles. The molecule has 2 amide bonds. The maximum Gasteiger partial charge on any atom is 0.275 e. The summed E-state index contributed by atoms with van der Waals surface area (Å²) in [5, 5.41) is 8.61. The molecule has 1 atom stereocenters. The molecule has 1 saturated carbocycles. The number of nitrogens with one attached hydrogen (secondary N) is 1. The topological polar surface area (TPSA) is 75.2 Å². The molecule has 2 aliphatic rings. The maximum absolute atomic E-state index is 12.3. The number of rotatable bonds is 3. The fourth-order valence-corrected chi connectivity index (χ4v) is 4.32. The van der Waals surface area contributed by atoms with Crippen LogP contribution < -0.4 is 5.32 Å². The van der Waals surface area contributed by atoms with Gasteiger partial charge in [0.15, 0.2) is 5.69 Å². The van der Waals surface area contributed by atoms with Gasteiger partial charge in [0.1, 0.15) is 0 Å². The molecule has 3 rings (SSSR count). The Kier molecular flexibility index (Phi) is 4.66. The summed E-state index contributed by atoms with van der Waals surface area (Å²) in [7, 11) is 0. The van der Waals surface area contributed by atoms with Gasteiger partial charge in [-0.3, -0.25) is 9.59 Å². The number of carbonyl (C=O) groups is 2. The van der Waals surface area contributed by atoms with Gasteiger partial charge in [0, 0.05) is 30.4 Å². The van der Waals surface area contributed by atoms with Gasteiger partial charge < -0.3 is 10.2 Å². The van der Waals surface area contributed by atoms with Crippen LogP contribution in [0.2, 0.25) is 0 Å². The zero-order chi connectivity index (χ0) is 16.4. The molecule has 6 nitrogen and oxygen atoms in total.